The average molecular weight is 483 g/mol. The molecule has 10 heteroatoms. The molecule has 0 fully saturated rings. The van der Waals surface area contributed by atoms with Gasteiger partial charge in [-0.15, -0.1) is 0 Å². The maximum absolute atomic E-state index is 12.4. The molecule has 2 N–H and O–H groups in total. The van der Waals surface area contributed by atoms with Crippen molar-refractivity contribution in [1.82, 2.24) is 5.32 Å². The fraction of sp³-hybridized carbons (Fsp3) is 0.318. The summed E-state index contributed by atoms with van der Waals surface area (Å²) >= 11 is 11.8. The zero-order valence-corrected chi connectivity index (χ0v) is 19.4. The number of esters is 1. The number of carbonyl (C=O) groups is 3. The number of amides is 2. The molecule has 32 heavy (non-hydrogen) atoms. The summed E-state index contributed by atoms with van der Waals surface area (Å²) in [5, 5.41) is 5.67. The highest BCUT2D eigenvalue weighted by atomic mass is 35.5. The average Bonchev–Trinajstić information content (AvgIpc) is 2.75. The van der Waals surface area contributed by atoms with Crippen LogP contribution in [0.25, 0.3) is 0 Å². The highest BCUT2D eigenvalue weighted by molar-refractivity contribution is 6.36. The first kappa shape index (κ1) is 25.3. The molecular formula is C22H24Cl2N2O6. The van der Waals surface area contributed by atoms with Crippen LogP contribution in [0.3, 0.4) is 0 Å². The summed E-state index contributed by atoms with van der Waals surface area (Å²) in [5.41, 5.74) is 0.616. The summed E-state index contributed by atoms with van der Waals surface area (Å²) in [6, 6.07) is 9.28. The van der Waals surface area contributed by atoms with E-state index in [0.717, 1.165) is 0 Å². The van der Waals surface area contributed by atoms with Crippen molar-refractivity contribution in [3.63, 3.8) is 0 Å². The fourth-order valence-electron chi connectivity index (χ4n) is 2.56. The molecular weight excluding hydrogens is 459 g/mol. The molecule has 0 radical (unpaired) electrons. The SMILES string of the molecule is CCOc1ccc(C(=O)NCC(=O)O[C@@H](C)C(=O)Nc2ccc(Cl)cc2Cl)cc1OCC. The van der Waals surface area contributed by atoms with Gasteiger partial charge in [0.05, 0.1) is 23.9 Å². The third kappa shape index (κ3) is 7.32. The molecule has 1 atom stereocenters. The van der Waals surface area contributed by atoms with Gasteiger partial charge in [-0.1, -0.05) is 23.2 Å². The lowest BCUT2D eigenvalue weighted by atomic mass is 10.2. The Bertz CT molecular complexity index is 983. The molecule has 2 aromatic rings. The molecule has 172 valence electrons. The number of carbonyl (C=O) groups excluding carboxylic acids is 3. The largest absolute Gasteiger partial charge is 0.490 e. The van der Waals surface area contributed by atoms with Gasteiger partial charge in [-0.25, -0.2) is 0 Å². The fourth-order valence-corrected chi connectivity index (χ4v) is 3.02. The summed E-state index contributed by atoms with van der Waals surface area (Å²) in [7, 11) is 0. The van der Waals surface area contributed by atoms with Gasteiger partial charge in [-0.05, 0) is 57.2 Å². The summed E-state index contributed by atoms with van der Waals surface area (Å²) in [6.45, 7) is 5.49. The molecule has 8 nitrogen and oxygen atoms in total. The standard InChI is InChI=1S/C22H24Cl2N2O6/c1-4-30-18-9-6-14(10-19(18)31-5-2)22(29)25-12-20(27)32-13(3)21(28)26-17-8-7-15(23)11-16(17)24/h6-11,13H,4-5,12H2,1-3H3,(H,25,29)(H,26,28)/t13-/m0/s1. The van der Waals surface area contributed by atoms with Crippen molar-refractivity contribution in [3.8, 4) is 11.5 Å². The minimum absolute atomic E-state index is 0.249. The van der Waals surface area contributed by atoms with Gasteiger partial charge in [0.1, 0.15) is 6.54 Å². The van der Waals surface area contributed by atoms with E-state index in [0.29, 0.717) is 35.4 Å². The van der Waals surface area contributed by atoms with Gasteiger partial charge in [0.15, 0.2) is 17.6 Å². The third-order valence-corrected chi connectivity index (χ3v) is 4.61. The van der Waals surface area contributed by atoms with E-state index >= 15 is 0 Å². The van der Waals surface area contributed by atoms with E-state index in [2.05, 4.69) is 10.6 Å². The lowest BCUT2D eigenvalue weighted by molar-refractivity contribution is -0.152. The number of nitrogens with one attached hydrogen (secondary N) is 2. The quantitative estimate of drug-likeness (QED) is 0.494. The van der Waals surface area contributed by atoms with Crippen LogP contribution in [0.2, 0.25) is 10.0 Å². The van der Waals surface area contributed by atoms with Gasteiger partial charge in [0.2, 0.25) is 0 Å². The smallest absolute Gasteiger partial charge is 0.326 e. The van der Waals surface area contributed by atoms with Gasteiger partial charge >= 0.3 is 5.97 Å². The molecule has 0 aliphatic heterocycles. The molecule has 2 amide bonds. The number of anilines is 1. The second-order valence-electron chi connectivity index (χ2n) is 6.46. The van der Waals surface area contributed by atoms with Gasteiger partial charge in [-0.3, -0.25) is 14.4 Å². The van der Waals surface area contributed by atoms with Crippen LogP contribution in [0.1, 0.15) is 31.1 Å². The Morgan fingerprint density at radius 3 is 2.31 bits per heavy atom. The molecule has 0 unspecified atom stereocenters. The van der Waals surface area contributed by atoms with Crippen LogP contribution < -0.4 is 20.1 Å². The first-order valence-corrected chi connectivity index (χ1v) is 10.6. The van der Waals surface area contributed by atoms with Crippen molar-refractivity contribution in [2.45, 2.75) is 26.9 Å². The van der Waals surface area contributed by atoms with Crippen molar-refractivity contribution in [2.75, 3.05) is 25.1 Å². The second kappa shape index (κ2) is 12.2. The number of halogens is 2. The predicted octanol–water partition coefficient (Wildman–Crippen LogP) is 4.09. The van der Waals surface area contributed by atoms with Gasteiger partial charge < -0.3 is 24.8 Å². The maximum atomic E-state index is 12.4. The summed E-state index contributed by atoms with van der Waals surface area (Å²) in [5.74, 6) is -0.918. The van der Waals surface area contributed by atoms with Crippen molar-refractivity contribution in [2.24, 2.45) is 0 Å². The van der Waals surface area contributed by atoms with Crippen molar-refractivity contribution in [3.05, 3.63) is 52.0 Å². The van der Waals surface area contributed by atoms with Crippen LogP contribution in [0, 0.1) is 0 Å². The zero-order chi connectivity index (χ0) is 23.7. The lowest BCUT2D eigenvalue weighted by Gasteiger charge is -2.15. The van der Waals surface area contributed by atoms with E-state index in [-0.39, 0.29) is 10.6 Å². The Morgan fingerprint density at radius 2 is 1.66 bits per heavy atom. The highest BCUT2D eigenvalue weighted by Crippen LogP contribution is 2.28. The Labute approximate surface area is 196 Å². The summed E-state index contributed by atoms with van der Waals surface area (Å²) < 4.78 is 16.0. The molecule has 0 spiro atoms. The van der Waals surface area contributed by atoms with Crippen molar-refractivity contribution in [1.29, 1.82) is 0 Å². The maximum Gasteiger partial charge on any atom is 0.326 e. The Kier molecular flexibility index (Phi) is 9.61. The summed E-state index contributed by atoms with van der Waals surface area (Å²) in [4.78, 5) is 36.7. The molecule has 0 heterocycles. The lowest BCUT2D eigenvalue weighted by Crippen LogP contribution is -2.35. The van der Waals surface area contributed by atoms with E-state index < -0.39 is 30.4 Å². The molecule has 0 saturated heterocycles. The first-order chi connectivity index (χ1) is 15.2. The van der Waals surface area contributed by atoms with Crippen LogP contribution in [-0.4, -0.2) is 43.6 Å². The number of rotatable bonds is 10. The van der Waals surface area contributed by atoms with Crippen LogP contribution in [0.5, 0.6) is 11.5 Å². The molecule has 0 aromatic heterocycles. The highest BCUT2D eigenvalue weighted by Gasteiger charge is 2.20. The third-order valence-electron chi connectivity index (χ3n) is 4.07. The number of hydrogen-bond donors (Lipinski definition) is 2. The summed E-state index contributed by atoms with van der Waals surface area (Å²) in [6.07, 6.45) is -1.11. The number of benzene rings is 2. The second-order valence-corrected chi connectivity index (χ2v) is 7.30. The first-order valence-electron chi connectivity index (χ1n) is 9.88. The van der Waals surface area contributed by atoms with Crippen molar-refractivity contribution >= 4 is 46.7 Å². The van der Waals surface area contributed by atoms with Crippen LogP contribution >= 0.6 is 23.2 Å². The molecule has 0 aliphatic rings. The van der Waals surface area contributed by atoms with E-state index in [1.54, 1.807) is 18.2 Å². The molecule has 2 aromatic carbocycles. The molecule has 0 bridgehead atoms. The van der Waals surface area contributed by atoms with Crippen LogP contribution in [0.4, 0.5) is 5.69 Å². The number of ether oxygens (including phenoxy) is 3. The monoisotopic (exact) mass is 482 g/mol. The van der Waals surface area contributed by atoms with Crippen LogP contribution in [0.15, 0.2) is 36.4 Å². The van der Waals surface area contributed by atoms with Crippen LogP contribution in [-0.2, 0) is 14.3 Å². The normalized spacial score (nSPS) is 11.3. The Hall–Kier alpha value is -2.97. The zero-order valence-electron chi connectivity index (χ0n) is 17.9. The van der Waals surface area contributed by atoms with E-state index in [4.69, 9.17) is 37.4 Å². The Morgan fingerprint density at radius 1 is 0.969 bits per heavy atom. The molecule has 0 aliphatic carbocycles. The van der Waals surface area contributed by atoms with Crippen molar-refractivity contribution < 1.29 is 28.6 Å². The van der Waals surface area contributed by atoms with Gasteiger partial charge in [-0.2, -0.15) is 0 Å². The van der Waals surface area contributed by atoms with Gasteiger partial charge in [0, 0.05) is 10.6 Å². The molecule has 2 rings (SSSR count). The van der Waals surface area contributed by atoms with E-state index in [9.17, 15) is 14.4 Å². The number of hydrogen-bond acceptors (Lipinski definition) is 6. The Balaban J connectivity index is 1.89. The van der Waals surface area contributed by atoms with E-state index in [1.165, 1.54) is 25.1 Å². The topological polar surface area (TPSA) is 103 Å². The van der Waals surface area contributed by atoms with Gasteiger partial charge in [0.25, 0.3) is 11.8 Å². The minimum atomic E-state index is -1.11. The minimum Gasteiger partial charge on any atom is -0.490 e. The molecule has 0 saturated carbocycles. The van der Waals surface area contributed by atoms with E-state index in [1.807, 2.05) is 13.8 Å². The predicted molar refractivity (Wildman–Crippen MR) is 122 cm³/mol.